The molecule has 1 amide bonds. The Morgan fingerprint density at radius 1 is 1.29 bits per heavy atom. The summed E-state index contributed by atoms with van der Waals surface area (Å²) in [5, 5.41) is 5.50. The van der Waals surface area contributed by atoms with E-state index in [1.807, 2.05) is 30.3 Å². The minimum Gasteiger partial charge on any atom is -0.481 e. The second-order valence-electron chi connectivity index (χ2n) is 5.10. The third kappa shape index (κ3) is 2.28. The molecule has 0 aliphatic carbocycles. The van der Waals surface area contributed by atoms with Gasteiger partial charge in [-0.05, 0) is 23.3 Å². The number of ether oxygens (including phenoxy) is 1. The van der Waals surface area contributed by atoms with Gasteiger partial charge in [0.1, 0.15) is 0 Å². The third-order valence-corrected chi connectivity index (χ3v) is 4.77. The molecule has 1 atom stereocenters. The molecule has 120 valence electrons. The van der Waals surface area contributed by atoms with Crippen LogP contribution in [-0.4, -0.2) is 32.0 Å². The van der Waals surface area contributed by atoms with Crippen LogP contribution in [0.3, 0.4) is 0 Å². The first kappa shape index (κ1) is 14.6. The summed E-state index contributed by atoms with van der Waals surface area (Å²) in [6.07, 6.45) is 4.66. The predicted molar refractivity (Wildman–Crippen MR) is 90.1 cm³/mol. The van der Waals surface area contributed by atoms with Crippen molar-refractivity contribution < 1.29 is 13.7 Å². The molecule has 1 N–H and O–H groups in total. The summed E-state index contributed by atoms with van der Waals surface area (Å²) in [5.41, 5.74) is 2.64. The van der Waals surface area contributed by atoms with Crippen LogP contribution in [0.2, 0.25) is 0 Å². The number of carbonyl (C=O) groups is 1. The average molecular weight is 340 g/mol. The van der Waals surface area contributed by atoms with E-state index in [0.717, 1.165) is 22.0 Å². The Balaban J connectivity index is 1.90. The van der Waals surface area contributed by atoms with Crippen molar-refractivity contribution in [2.24, 2.45) is 0 Å². The number of hydrogen-bond acceptors (Lipinski definition) is 5. The van der Waals surface area contributed by atoms with Crippen LogP contribution in [0.5, 0.6) is 5.88 Å². The molecule has 0 fully saturated rings. The average Bonchev–Trinajstić information content (AvgIpc) is 3.17. The van der Waals surface area contributed by atoms with Gasteiger partial charge in [-0.15, -0.1) is 0 Å². The molecule has 4 rings (SSSR count). The summed E-state index contributed by atoms with van der Waals surface area (Å²) in [6.45, 7) is 0. The molecule has 0 saturated heterocycles. The van der Waals surface area contributed by atoms with Gasteiger partial charge in [0.25, 0.3) is 5.91 Å². The maximum Gasteiger partial charge on any atom is 0.258 e. The van der Waals surface area contributed by atoms with E-state index < -0.39 is 11.0 Å². The SMILES string of the molecule is COc1cc(-c2cccc3c2cnn3C2=CC(=O)NS2=O)ccn1. The molecule has 3 aromatic rings. The fourth-order valence-corrected chi connectivity index (χ4v) is 3.51. The summed E-state index contributed by atoms with van der Waals surface area (Å²) in [5.74, 6) is 0.133. The number of nitrogens with zero attached hydrogens (tertiary/aromatic N) is 3. The van der Waals surface area contributed by atoms with Crippen molar-refractivity contribution in [2.45, 2.75) is 0 Å². The third-order valence-electron chi connectivity index (χ3n) is 3.72. The molecule has 2 aromatic heterocycles. The highest BCUT2D eigenvalue weighted by Crippen LogP contribution is 2.31. The standard InChI is InChI=1S/C16H12N4O3S/c1-23-15-7-10(5-6-17-15)11-3-2-4-13-12(11)9-18-20(13)16-8-14(21)19-24(16)22/h2-9H,1H3,(H,19,21). The minimum atomic E-state index is -1.60. The molecule has 1 aliphatic heterocycles. The normalized spacial score (nSPS) is 17.0. The number of nitrogens with one attached hydrogen (secondary N) is 1. The zero-order valence-electron chi connectivity index (χ0n) is 12.6. The molecule has 8 heteroatoms. The fraction of sp³-hybridized carbons (Fsp3) is 0.0625. The van der Waals surface area contributed by atoms with E-state index >= 15 is 0 Å². The Kier molecular flexibility index (Phi) is 3.39. The Morgan fingerprint density at radius 2 is 2.17 bits per heavy atom. The first-order valence-corrected chi connectivity index (χ1v) is 8.24. The van der Waals surface area contributed by atoms with Gasteiger partial charge in [0.2, 0.25) is 5.88 Å². The molecule has 1 unspecified atom stereocenters. The van der Waals surface area contributed by atoms with Crippen LogP contribution in [0.1, 0.15) is 0 Å². The van der Waals surface area contributed by atoms with E-state index in [1.165, 1.54) is 10.8 Å². The smallest absolute Gasteiger partial charge is 0.258 e. The second kappa shape index (κ2) is 5.57. The van der Waals surface area contributed by atoms with Gasteiger partial charge in [-0.3, -0.25) is 9.52 Å². The number of rotatable bonds is 3. The second-order valence-corrected chi connectivity index (χ2v) is 6.26. The van der Waals surface area contributed by atoms with E-state index in [2.05, 4.69) is 14.8 Å². The topological polar surface area (TPSA) is 86.1 Å². The first-order valence-electron chi connectivity index (χ1n) is 7.09. The van der Waals surface area contributed by atoms with Crippen LogP contribution in [-0.2, 0) is 15.8 Å². The summed E-state index contributed by atoms with van der Waals surface area (Å²) in [4.78, 5) is 15.5. The van der Waals surface area contributed by atoms with Gasteiger partial charge in [-0.25, -0.2) is 13.9 Å². The number of hydrogen-bond donors (Lipinski definition) is 1. The Hall–Kier alpha value is -3.00. The maximum atomic E-state index is 12.0. The highest BCUT2D eigenvalue weighted by molar-refractivity contribution is 7.93. The predicted octanol–water partition coefficient (Wildman–Crippen LogP) is 1.70. The quantitative estimate of drug-likeness (QED) is 0.784. The van der Waals surface area contributed by atoms with Crippen LogP contribution in [0.4, 0.5) is 0 Å². The fourth-order valence-electron chi connectivity index (χ4n) is 2.65. The number of carbonyl (C=O) groups excluding carboxylic acids is 1. The Labute approximate surface area is 139 Å². The van der Waals surface area contributed by atoms with E-state index in [4.69, 9.17) is 4.74 Å². The van der Waals surface area contributed by atoms with Crippen LogP contribution in [0, 0.1) is 0 Å². The lowest BCUT2D eigenvalue weighted by Crippen LogP contribution is -2.17. The molecular formula is C16H12N4O3S. The van der Waals surface area contributed by atoms with Gasteiger partial charge in [-0.2, -0.15) is 5.10 Å². The van der Waals surface area contributed by atoms with Crippen molar-refractivity contribution in [1.82, 2.24) is 19.5 Å². The monoisotopic (exact) mass is 340 g/mol. The number of amides is 1. The lowest BCUT2D eigenvalue weighted by atomic mass is 10.0. The van der Waals surface area contributed by atoms with Gasteiger partial charge in [0.05, 0.1) is 18.8 Å². The lowest BCUT2D eigenvalue weighted by molar-refractivity contribution is -0.114. The summed E-state index contributed by atoms with van der Waals surface area (Å²) >= 11 is 0. The molecule has 1 aliphatic rings. The highest BCUT2D eigenvalue weighted by atomic mass is 32.2. The number of methoxy groups -OCH3 is 1. The molecule has 0 saturated carbocycles. The minimum absolute atomic E-state index is 0.319. The number of aromatic nitrogens is 3. The summed E-state index contributed by atoms with van der Waals surface area (Å²) in [7, 11) is -0.0342. The molecule has 0 bridgehead atoms. The lowest BCUT2D eigenvalue weighted by Gasteiger charge is -2.07. The molecule has 3 heterocycles. The zero-order chi connectivity index (χ0) is 16.7. The van der Waals surface area contributed by atoms with Gasteiger partial charge >= 0.3 is 0 Å². The van der Waals surface area contributed by atoms with Gasteiger partial charge in [0.15, 0.2) is 16.0 Å². The Bertz CT molecular complexity index is 1030. The molecule has 0 spiro atoms. The van der Waals surface area contributed by atoms with Gasteiger partial charge in [0, 0.05) is 23.7 Å². The molecule has 0 radical (unpaired) electrons. The van der Waals surface area contributed by atoms with E-state index in [9.17, 15) is 9.00 Å². The van der Waals surface area contributed by atoms with Crippen molar-refractivity contribution in [3.63, 3.8) is 0 Å². The van der Waals surface area contributed by atoms with Crippen molar-refractivity contribution in [3.05, 3.63) is 48.8 Å². The summed E-state index contributed by atoms with van der Waals surface area (Å²) < 4.78 is 21.0. The molecule has 24 heavy (non-hydrogen) atoms. The Morgan fingerprint density at radius 3 is 2.92 bits per heavy atom. The van der Waals surface area contributed by atoms with Crippen molar-refractivity contribution >= 4 is 32.8 Å². The van der Waals surface area contributed by atoms with Crippen molar-refractivity contribution in [3.8, 4) is 17.0 Å². The van der Waals surface area contributed by atoms with Crippen molar-refractivity contribution in [1.29, 1.82) is 0 Å². The van der Waals surface area contributed by atoms with Crippen LogP contribution < -0.4 is 9.46 Å². The van der Waals surface area contributed by atoms with Crippen LogP contribution in [0.25, 0.3) is 27.1 Å². The molecule has 1 aromatic carbocycles. The first-order chi connectivity index (χ1) is 11.7. The largest absolute Gasteiger partial charge is 0.481 e. The number of pyridine rings is 1. The van der Waals surface area contributed by atoms with E-state index in [0.29, 0.717) is 10.9 Å². The van der Waals surface area contributed by atoms with E-state index in [1.54, 1.807) is 19.5 Å². The number of benzene rings is 1. The van der Waals surface area contributed by atoms with Crippen LogP contribution >= 0.6 is 0 Å². The van der Waals surface area contributed by atoms with Gasteiger partial charge in [-0.1, -0.05) is 12.1 Å². The van der Waals surface area contributed by atoms with Crippen molar-refractivity contribution in [2.75, 3.05) is 7.11 Å². The zero-order valence-corrected chi connectivity index (χ0v) is 13.4. The van der Waals surface area contributed by atoms with Crippen LogP contribution in [0.15, 0.2) is 48.8 Å². The van der Waals surface area contributed by atoms with E-state index in [-0.39, 0.29) is 5.91 Å². The molecular weight excluding hydrogens is 328 g/mol. The number of fused-ring (bicyclic) bond motifs is 1. The maximum absolute atomic E-state index is 12.0. The molecule has 7 nitrogen and oxygen atoms in total. The van der Waals surface area contributed by atoms with Gasteiger partial charge < -0.3 is 4.74 Å². The highest BCUT2D eigenvalue weighted by Gasteiger charge is 2.23. The summed E-state index contributed by atoms with van der Waals surface area (Å²) in [6, 6.07) is 9.44.